The van der Waals surface area contributed by atoms with Crippen LogP contribution in [0.3, 0.4) is 0 Å². The number of carbonyl (C=O) groups excluding carboxylic acids is 1. The summed E-state index contributed by atoms with van der Waals surface area (Å²) in [4.78, 5) is 12.1. The van der Waals surface area contributed by atoms with Gasteiger partial charge in [0.05, 0.1) is 12.1 Å². The van der Waals surface area contributed by atoms with Crippen LogP contribution >= 0.6 is 0 Å². The summed E-state index contributed by atoms with van der Waals surface area (Å²) in [6.45, 7) is 0.687. The lowest BCUT2D eigenvalue weighted by Crippen LogP contribution is -2.41. The van der Waals surface area contributed by atoms with E-state index in [0.717, 1.165) is 6.42 Å². The molecule has 5 nitrogen and oxygen atoms in total. The summed E-state index contributed by atoms with van der Waals surface area (Å²) in [7, 11) is 0. The van der Waals surface area contributed by atoms with Crippen molar-refractivity contribution in [3.63, 3.8) is 0 Å². The van der Waals surface area contributed by atoms with Gasteiger partial charge in [-0.15, -0.1) is 0 Å². The van der Waals surface area contributed by atoms with Gasteiger partial charge in [-0.05, 0) is 43.4 Å². The van der Waals surface area contributed by atoms with Crippen molar-refractivity contribution in [3.05, 3.63) is 23.8 Å². The monoisotopic (exact) mass is 263 g/mol. The lowest BCUT2D eigenvalue weighted by molar-refractivity contribution is 0.0729. The Kier molecular flexibility index (Phi) is 3.06. The van der Waals surface area contributed by atoms with Crippen molar-refractivity contribution >= 4 is 5.91 Å². The Bertz CT molecular complexity index is 498. The van der Waals surface area contributed by atoms with E-state index in [9.17, 15) is 15.0 Å². The molecule has 1 aromatic rings. The molecule has 1 amide bonds. The number of ether oxygens (including phenoxy) is 1. The van der Waals surface area contributed by atoms with Crippen LogP contribution in [0.4, 0.5) is 0 Å². The minimum absolute atomic E-state index is 0.0518. The number of amides is 1. The average molecular weight is 263 g/mol. The van der Waals surface area contributed by atoms with Gasteiger partial charge < -0.3 is 20.3 Å². The van der Waals surface area contributed by atoms with Gasteiger partial charge in [-0.25, -0.2) is 0 Å². The fourth-order valence-electron chi connectivity index (χ4n) is 2.57. The Hall–Kier alpha value is -1.75. The summed E-state index contributed by atoms with van der Waals surface area (Å²) in [5.74, 6) is -0.164. The Balaban J connectivity index is 1.68. The molecule has 2 fully saturated rings. The van der Waals surface area contributed by atoms with Gasteiger partial charge in [0.2, 0.25) is 0 Å². The molecule has 0 radical (unpaired) electrons. The molecule has 2 unspecified atom stereocenters. The second kappa shape index (κ2) is 4.74. The van der Waals surface area contributed by atoms with E-state index in [1.807, 2.05) is 0 Å². The highest BCUT2D eigenvalue weighted by Crippen LogP contribution is 2.38. The number of hydrogen-bond acceptors (Lipinski definition) is 4. The number of aromatic hydroxyl groups is 2. The van der Waals surface area contributed by atoms with E-state index in [0.29, 0.717) is 18.1 Å². The molecule has 3 rings (SSSR count). The molecule has 0 bridgehead atoms. The molecule has 1 heterocycles. The predicted molar refractivity (Wildman–Crippen MR) is 68.1 cm³/mol. The second-order valence-corrected chi connectivity index (χ2v) is 5.24. The minimum atomic E-state index is -0.283. The molecular formula is C14H17NO4. The van der Waals surface area contributed by atoms with Crippen molar-refractivity contribution in [3.8, 4) is 11.5 Å². The molecule has 1 saturated carbocycles. The smallest absolute Gasteiger partial charge is 0.251 e. The van der Waals surface area contributed by atoms with Crippen LogP contribution in [0, 0.1) is 5.92 Å². The van der Waals surface area contributed by atoms with Crippen molar-refractivity contribution < 1.29 is 19.7 Å². The van der Waals surface area contributed by atoms with Gasteiger partial charge in [-0.1, -0.05) is 0 Å². The normalized spacial score (nSPS) is 26.3. The fourth-order valence-corrected chi connectivity index (χ4v) is 2.57. The Morgan fingerprint density at radius 3 is 2.68 bits per heavy atom. The Morgan fingerprint density at radius 1 is 1.21 bits per heavy atom. The maximum atomic E-state index is 12.1. The SMILES string of the molecule is O=C(NC1CCOC1C1CC1)c1ccc(O)c(O)c1. The van der Waals surface area contributed by atoms with Gasteiger partial charge in [0.25, 0.3) is 5.91 Å². The van der Waals surface area contributed by atoms with E-state index in [1.165, 1.54) is 31.0 Å². The number of hydrogen-bond donors (Lipinski definition) is 3. The first kappa shape index (κ1) is 12.3. The van der Waals surface area contributed by atoms with Crippen molar-refractivity contribution in [2.45, 2.75) is 31.4 Å². The predicted octanol–water partition coefficient (Wildman–Crippen LogP) is 1.40. The van der Waals surface area contributed by atoms with Gasteiger partial charge in [-0.2, -0.15) is 0 Å². The summed E-state index contributed by atoms with van der Waals surface area (Å²) in [6.07, 6.45) is 3.32. The fraction of sp³-hybridized carbons (Fsp3) is 0.500. The molecule has 1 aliphatic carbocycles. The van der Waals surface area contributed by atoms with Gasteiger partial charge in [0.1, 0.15) is 0 Å². The molecule has 0 spiro atoms. The van der Waals surface area contributed by atoms with Crippen LogP contribution in [0.15, 0.2) is 18.2 Å². The van der Waals surface area contributed by atoms with Gasteiger partial charge in [0, 0.05) is 12.2 Å². The van der Waals surface area contributed by atoms with E-state index < -0.39 is 0 Å². The third-order valence-corrected chi connectivity index (χ3v) is 3.78. The van der Waals surface area contributed by atoms with Gasteiger partial charge in [0.15, 0.2) is 11.5 Å². The van der Waals surface area contributed by atoms with Crippen LogP contribution < -0.4 is 5.32 Å². The van der Waals surface area contributed by atoms with Crippen LogP contribution in [0.2, 0.25) is 0 Å². The van der Waals surface area contributed by atoms with Crippen molar-refractivity contribution in [1.82, 2.24) is 5.32 Å². The third kappa shape index (κ3) is 2.51. The zero-order chi connectivity index (χ0) is 13.4. The molecule has 3 N–H and O–H groups in total. The second-order valence-electron chi connectivity index (χ2n) is 5.24. The van der Waals surface area contributed by atoms with E-state index in [-0.39, 0.29) is 29.6 Å². The minimum Gasteiger partial charge on any atom is -0.504 e. The highest BCUT2D eigenvalue weighted by Gasteiger charge is 2.41. The zero-order valence-electron chi connectivity index (χ0n) is 10.5. The van der Waals surface area contributed by atoms with Crippen molar-refractivity contribution in [1.29, 1.82) is 0 Å². The summed E-state index contributed by atoms with van der Waals surface area (Å²) >= 11 is 0. The molecule has 1 aliphatic heterocycles. The van der Waals surface area contributed by atoms with Crippen molar-refractivity contribution in [2.75, 3.05) is 6.61 Å². The number of phenols is 2. The highest BCUT2D eigenvalue weighted by atomic mass is 16.5. The molecular weight excluding hydrogens is 246 g/mol. The lowest BCUT2D eigenvalue weighted by Gasteiger charge is -2.19. The topological polar surface area (TPSA) is 78.8 Å². The summed E-state index contributed by atoms with van der Waals surface area (Å²) in [5, 5.41) is 21.6. The van der Waals surface area contributed by atoms with Crippen molar-refractivity contribution in [2.24, 2.45) is 5.92 Å². The van der Waals surface area contributed by atoms with E-state index in [4.69, 9.17) is 4.74 Å². The summed E-state index contributed by atoms with van der Waals surface area (Å²) in [6, 6.07) is 4.13. The zero-order valence-corrected chi connectivity index (χ0v) is 10.5. The molecule has 2 atom stereocenters. The summed E-state index contributed by atoms with van der Waals surface area (Å²) < 4.78 is 5.66. The van der Waals surface area contributed by atoms with Gasteiger partial charge in [-0.3, -0.25) is 4.79 Å². The quantitative estimate of drug-likeness (QED) is 0.720. The number of carbonyl (C=O) groups is 1. The van der Waals surface area contributed by atoms with E-state index in [1.54, 1.807) is 0 Å². The van der Waals surface area contributed by atoms with Crippen LogP contribution in [0.5, 0.6) is 11.5 Å². The maximum absolute atomic E-state index is 12.1. The molecule has 102 valence electrons. The third-order valence-electron chi connectivity index (χ3n) is 3.78. The number of rotatable bonds is 3. The average Bonchev–Trinajstić information content (AvgIpc) is 3.13. The molecule has 0 aromatic heterocycles. The maximum Gasteiger partial charge on any atom is 0.251 e. The lowest BCUT2D eigenvalue weighted by atomic mass is 10.1. The standard InChI is InChI=1S/C14H17NO4/c16-11-4-3-9(7-12(11)17)14(18)15-10-5-6-19-13(10)8-1-2-8/h3-4,7-8,10,13,16-17H,1-2,5-6H2,(H,15,18). The first-order valence-electron chi connectivity index (χ1n) is 6.59. The molecule has 2 aliphatic rings. The largest absolute Gasteiger partial charge is 0.504 e. The van der Waals surface area contributed by atoms with Crippen LogP contribution in [0.25, 0.3) is 0 Å². The first-order valence-corrected chi connectivity index (χ1v) is 6.59. The molecule has 1 aromatic carbocycles. The number of benzene rings is 1. The van der Waals surface area contributed by atoms with E-state index in [2.05, 4.69) is 5.32 Å². The number of phenolic OH excluding ortho intramolecular Hbond substituents is 2. The molecule has 1 saturated heterocycles. The van der Waals surface area contributed by atoms with Crippen LogP contribution in [-0.4, -0.2) is 34.9 Å². The molecule has 5 heteroatoms. The summed E-state index contributed by atoms with van der Waals surface area (Å²) in [5.41, 5.74) is 0.344. The van der Waals surface area contributed by atoms with Gasteiger partial charge >= 0.3 is 0 Å². The highest BCUT2D eigenvalue weighted by molar-refractivity contribution is 5.95. The van der Waals surface area contributed by atoms with E-state index >= 15 is 0 Å². The Morgan fingerprint density at radius 2 is 2.00 bits per heavy atom. The van der Waals surface area contributed by atoms with Crippen LogP contribution in [-0.2, 0) is 4.74 Å². The van der Waals surface area contributed by atoms with Crippen LogP contribution in [0.1, 0.15) is 29.6 Å². The Labute approximate surface area is 111 Å². The number of nitrogens with one attached hydrogen (secondary N) is 1. The molecule has 19 heavy (non-hydrogen) atoms. The first-order chi connectivity index (χ1) is 9.15.